The van der Waals surface area contributed by atoms with Gasteiger partial charge in [0.2, 0.25) is 5.91 Å². The number of aryl methyl sites for hydroxylation is 1. The minimum Gasteiger partial charge on any atom is -0.482 e. The van der Waals surface area contributed by atoms with Gasteiger partial charge in [0.05, 0.1) is 11.4 Å². The first-order chi connectivity index (χ1) is 14.4. The van der Waals surface area contributed by atoms with E-state index < -0.39 is 5.82 Å². The number of halogens is 2. The molecule has 0 saturated carbocycles. The Balaban J connectivity index is 1.42. The molecule has 30 heavy (non-hydrogen) atoms. The summed E-state index contributed by atoms with van der Waals surface area (Å²) < 4.78 is 22.4. The number of ether oxygens (including phenoxy) is 1. The van der Waals surface area contributed by atoms with Gasteiger partial charge in [0.1, 0.15) is 23.9 Å². The van der Waals surface area contributed by atoms with Crippen LogP contribution in [-0.2, 0) is 16.1 Å². The number of carbonyl (C=O) groups is 2. The molecule has 0 aliphatic carbocycles. The predicted molar refractivity (Wildman–Crippen MR) is 112 cm³/mol. The van der Waals surface area contributed by atoms with Crippen LogP contribution in [0, 0.1) is 12.7 Å². The molecule has 1 aromatic heterocycles. The fourth-order valence-corrected chi connectivity index (χ4v) is 3.58. The largest absolute Gasteiger partial charge is 0.482 e. The number of rotatable bonds is 5. The van der Waals surface area contributed by atoms with Gasteiger partial charge in [0, 0.05) is 23.4 Å². The Hall–Kier alpha value is -3.20. The minimum absolute atomic E-state index is 0.128. The molecule has 0 bridgehead atoms. The fourth-order valence-electron chi connectivity index (χ4n) is 3.24. The smallest absolute Gasteiger partial charge is 0.265 e. The van der Waals surface area contributed by atoms with Crippen LogP contribution < -0.4 is 15.0 Å². The van der Waals surface area contributed by atoms with Crippen LogP contribution >= 0.6 is 15.9 Å². The van der Waals surface area contributed by atoms with E-state index in [1.54, 1.807) is 54.2 Å². The lowest BCUT2D eigenvalue weighted by Gasteiger charge is -2.29. The van der Waals surface area contributed by atoms with Crippen LogP contribution in [0.25, 0.3) is 5.69 Å². The molecule has 0 unspecified atom stereocenters. The van der Waals surface area contributed by atoms with E-state index >= 15 is 0 Å². The van der Waals surface area contributed by atoms with Crippen molar-refractivity contribution < 1.29 is 18.7 Å². The van der Waals surface area contributed by atoms with Gasteiger partial charge in [0.25, 0.3) is 5.91 Å². The zero-order chi connectivity index (χ0) is 21.3. The van der Waals surface area contributed by atoms with Crippen LogP contribution in [0.4, 0.5) is 10.1 Å². The van der Waals surface area contributed by atoms with E-state index in [0.29, 0.717) is 28.5 Å². The average molecular weight is 473 g/mol. The zero-order valence-electron chi connectivity index (χ0n) is 16.1. The SMILES string of the molecule is Cc1nccn1-c1ccc(CNC(=O)CN2C(=O)COc3cc(Br)ccc32)cc1F. The molecule has 0 saturated heterocycles. The molecule has 0 spiro atoms. The van der Waals surface area contributed by atoms with E-state index in [2.05, 4.69) is 26.2 Å². The summed E-state index contributed by atoms with van der Waals surface area (Å²) in [7, 11) is 0. The Labute approximate surface area is 180 Å². The quantitative estimate of drug-likeness (QED) is 0.618. The van der Waals surface area contributed by atoms with Crippen molar-refractivity contribution >= 4 is 33.4 Å². The number of aromatic nitrogens is 2. The average Bonchev–Trinajstić information content (AvgIpc) is 3.14. The van der Waals surface area contributed by atoms with Crippen molar-refractivity contribution in [2.45, 2.75) is 13.5 Å². The number of hydrogen-bond acceptors (Lipinski definition) is 4. The lowest BCUT2D eigenvalue weighted by molar-refractivity contribution is -0.125. The van der Waals surface area contributed by atoms with Crippen LogP contribution in [0.15, 0.2) is 53.3 Å². The van der Waals surface area contributed by atoms with Crippen molar-refractivity contribution in [2.75, 3.05) is 18.1 Å². The monoisotopic (exact) mass is 472 g/mol. The molecule has 2 amide bonds. The zero-order valence-corrected chi connectivity index (χ0v) is 17.6. The van der Waals surface area contributed by atoms with E-state index in [9.17, 15) is 14.0 Å². The third kappa shape index (κ3) is 4.06. The molecule has 9 heteroatoms. The maximum Gasteiger partial charge on any atom is 0.265 e. The second kappa shape index (κ2) is 8.27. The van der Waals surface area contributed by atoms with Gasteiger partial charge in [-0.05, 0) is 42.8 Å². The molecule has 0 radical (unpaired) electrons. The summed E-state index contributed by atoms with van der Waals surface area (Å²) in [6.07, 6.45) is 3.29. The highest BCUT2D eigenvalue weighted by Crippen LogP contribution is 2.34. The fraction of sp³-hybridized carbons (Fsp3) is 0.190. The first-order valence-corrected chi connectivity index (χ1v) is 10.00. The molecule has 2 aromatic carbocycles. The number of carbonyl (C=O) groups excluding carboxylic acids is 2. The number of anilines is 1. The first kappa shape index (κ1) is 20.1. The second-order valence-electron chi connectivity index (χ2n) is 6.79. The summed E-state index contributed by atoms with van der Waals surface area (Å²) in [5.41, 5.74) is 1.54. The van der Waals surface area contributed by atoms with Crippen LogP contribution in [0.2, 0.25) is 0 Å². The third-order valence-electron chi connectivity index (χ3n) is 4.75. The van der Waals surface area contributed by atoms with E-state index in [1.165, 1.54) is 11.0 Å². The molecule has 3 aromatic rings. The molecule has 1 N–H and O–H groups in total. The Morgan fingerprint density at radius 2 is 2.07 bits per heavy atom. The van der Waals surface area contributed by atoms with Crippen molar-refractivity contribution in [3.8, 4) is 11.4 Å². The van der Waals surface area contributed by atoms with E-state index in [0.717, 1.165) is 4.47 Å². The van der Waals surface area contributed by atoms with Crippen molar-refractivity contribution in [1.82, 2.24) is 14.9 Å². The van der Waals surface area contributed by atoms with Gasteiger partial charge in [-0.3, -0.25) is 14.5 Å². The molecular formula is C21H18BrFN4O3. The summed E-state index contributed by atoms with van der Waals surface area (Å²) in [4.78, 5) is 30.1. The van der Waals surface area contributed by atoms with Crippen LogP contribution in [-0.4, -0.2) is 34.5 Å². The highest BCUT2D eigenvalue weighted by Gasteiger charge is 2.27. The molecule has 0 atom stereocenters. The number of fused-ring (bicyclic) bond motifs is 1. The molecule has 4 rings (SSSR count). The lowest BCUT2D eigenvalue weighted by Crippen LogP contribution is -2.45. The molecule has 1 aliphatic rings. The van der Waals surface area contributed by atoms with Gasteiger partial charge < -0.3 is 14.6 Å². The summed E-state index contributed by atoms with van der Waals surface area (Å²) in [6.45, 7) is 1.66. The topological polar surface area (TPSA) is 76.5 Å². The molecular weight excluding hydrogens is 455 g/mol. The van der Waals surface area contributed by atoms with Gasteiger partial charge in [-0.25, -0.2) is 9.37 Å². The molecule has 1 aliphatic heterocycles. The highest BCUT2D eigenvalue weighted by molar-refractivity contribution is 9.10. The molecule has 0 fully saturated rings. The third-order valence-corrected chi connectivity index (χ3v) is 5.25. The standard InChI is InChI=1S/C21H18BrFN4O3/c1-13-24-6-7-26(13)17-4-2-14(8-16(17)23)10-25-20(28)11-27-18-5-3-15(22)9-19(18)30-12-21(27)29/h2-9H,10-12H2,1H3,(H,25,28). The van der Waals surface area contributed by atoms with Crippen molar-refractivity contribution in [1.29, 1.82) is 0 Å². The Bertz CT molecular complexity index is 1130. The van der Waals surface area contributed by atoms with Crippen LogP contribution in [0.5, 0.6) is 5.75 Å². The number of nitrogens with one attached hydrogen (secondary N) is 1. The molecule has 7 nitrogen and oxygen atoms in total. The van der Waals surface area contributed by atoms with Crippen molar-refractivity contribution in [3.05, 3.63) is 70.5 Å². The second-order valence-corrected chi connectivity index (χ2v) is 7.70. The van der Waals surface area contributed by atoms with Gasteiger partial charge in [-0.1, -0.05) is 22.0 Å². The predicted octanol–water partition coefficient (Wildman–Crippen LogP) is 3.12. The Morgan fingerprint density at radius 3 is 2.80 bits per heavy atom. The van der Waals surface area contributed by atoms with E-state index in [-0.39, 0.29) is 31.5 Å². The number of amides is 2. The van der Waals surface area contributed by atoms with Gasteiger partial charge >= 0.3 is 0 Å². The van der Waals surface area contributed by atoms with Gasteiger partial charge in [-0.15, -0.1) is 0 Å². The van der Waals surface area contributed by atoms with Crippen LogP contribution in [0.1, 0.15) is 11.4 Å². The van der Waals surface area contributed by atoms with E-state index in [4.69, 9.17) is 4.74 Å². The van der Waals surface area contributed by atoms with Gasteiger partial charge in [0.15, 0.2) is 6.61 Å². The van der Waals surface area contributed by atoms with E-state index in [1.807, 2.05) is 0 Å². The number of hydrogen-bond donors (Lipinski definition) is 1. The summed E-state index contributed by atoms with van der Waals surface area (Å²) in [5, 5.41) is 2.73. The maximum absolute atomic E-state index is 14.5. The van der Waals surface area contributed by atoms with Crippen molar-refractivity contribution in [2.24, 2.45) is 0 Å². The van der Waals surface area contributed by atoms with Gasteiger partial charge in [-0.2, -0.15) is 0 Å². The molecule has 2 heterocycles. The van der Waals surface area contributed by atoms with Crippen LogP contribution in [0.3, 0.4) is 0 Å². The lowest BCUT2D eigenvalue weighted by atomic mass is 10.2. The highest BCUT2D eigenvalue weighted by atomic mass is 79.9. The van der Waals surface area contributed by atoms with Crippen molar-refractivity contribution in [3.63, 3.8) is 0 Å². The number of nitrogens with zero attached hydrogens (tertiary/aromatic N) is 3. The molecule has 154 valence electrons. The summed E-state index contributed by atoms with van der Waals surface area (Å²) >= 11 is 3.36. The number of benzene rings is 2. The Morgan fingerprint density at radius 1 is 1.27 bits per heavy atom. The maximum atomic E-state index is 14.5. The number of imidazole rings is 1. The summed E-state index contributed by atoms with van der Waals surface area (Å²) in [5.74, 6) is 0.146. The summed E-state index contributed by atoms with van der Waals surface area (Å²) in [6, 6.07) is 10.0. The normalized spacial score (nSPS) is 13.0. The first-order valence-electron chi connectivity index (χ1n) is 9.20. The Kier molecular flexibility index (Phi) is 5.54. The minimum atomic E-state index is -0.411.